The van der Waals surface area contributed by atoms with Crippen molar-refractivity contribution in [3.05, 3.63) is 82.1 Å². The number of fused-ring (bicyclic) bond motifs is 1. The predicted octanol–water partition coefficient (Wildman–Crippen LogP) is 5.17. The molecular formula is C18H12ClFO. The van der Waals surface area contributed by atoms with Gasteiger partial charge in [-0.1, -0.05) is 48.0 Å². The zero-order valence-corrected chi connectivity index (χ0v) is 12.1. The monoisotopic (exact) mass is 298 g/mol. The molecule has 0 aliphatic carbocycles. The molecule has 0 saturated carbocycles. The maximum atomic E-state index is 13.4. The summed E-state index contributed by atoms with van der Waals surface area (Å²) in [5.41, 5.74) is 1.27. The zero-order chi connectivity index (χ0) is 15.0. The van der Waals surface area contributed by atoms with Gasteiger partial charge in [-0.05, 0) is 41.5 Å². The first-order valence-corrected chi connectivity index (χ1v) is 6.93. The van der Waals surface area contributed by atoms with Gasteiger partial charge in [-0.3, -0.25) is 4.79 Å². The highest BCUT2D eigenvalue weighted by atomic mass is 35.5. The van der Waals surface area contributed by atoms with E-state index in [1.54, 1.807) is 13.0 Å². The van der Waals surface area contributed by atoms with Crippen LogP contribution in [0.25, 0.3) is 10.8 Å². The summed E-state index contributed by atoms with van der Waals surface area (Å²) in [5.74, 6) is -0.607. The minimum Gasteiger partial charge on any atom is -0.289 e. The Balaban J connectivity index is 2.10. The molecule has 0 amide bonds. The number of hydrogen-bond acceptors (Lipinski definition) is 1. The van der Waals surface area contributed by atoms with Crippen LogP contribution in [0.1, 0.15) is 21.5 Å². The molecule has 21 heavy (non-hydrogen) atoms. The number of aryl methyl sites for hydroxylation is 1. The second-order valence-corrected chi connectivity index (χ2v) is 5.38. The van der Waals surface area contributed by atoms with Crippen molar-refractivity contribution in [1.82, 2.24) is 0 Å². The molecule has 0 N–H and O–H groups in total. The standard InChI is InChI=1S/C18H12ClFO/c1-11-8-15(16(19)10-17(11)20)18(21)14-7-6-12-4-2-3-5-13(12)9-14/h2-10H,1H3. The molecule has 0 fully saturated rings. The van der Waals surface area contributed by atoms with Gasteiger partial charge in [0.2, 0.25) is 0 Å². The van der Waals surface area contributed by atoms with Crippen LogP contribution in [-0.4, -0.2) is 5.78 Å². The Bertz CT molecular complexity index is 855. The van der Waals surface area contributed by atoms with E-state index in [4.69, 9.17) is 11.6 Å². The molecule has 1 nitrogen and oxygen atoms in total. The van der Waals surface area contributed by atoms with Gasteiger partial charge >= 0.3 is 0 Å². The smallest absolute Gasteiger partial charge is 0.194 e. The number of ketones is 1. The topological polar surface area (TPSA) is 17.1 Å². The number of carbonyl (C=O) groups excluding carboxylic acids is 1. The van der Waals surface area contributed by atoms with Gasteiger partial charge in [0, 0.05) is 11.1 Å². The summed E-state index contributed by atoms with van der Waals surface area (Å²) in [6.07, 6.45) is 0. The lowest BCUT2D eigenvalue weighted by Gasteiger charge is -2.07. The average molecular weight is 299 g/mol. The normalized spacial score (nSPS) is 10.8. The summed E-state index contributed by atoms with van der Waals surface area (Å²) in [6.45, 7) is 1.61. The largest absolute Gasteiger partial charge is 0.289 e. The van der Waals surface area contributed by atoms with Gasteiger partial charge in [-0.15, -0.1) is 0 Å². The zero-order valence-electron chi connectivity index (χ0n) is 11.4. The van der Waals surface area contributed by atoms with Crippen molar-refractivity contribution < 1.29 is 9.18 Å². The van der Waals surface area contributed by atoms with Gasteiger partial charge in [-0.25, -0.2) is 4.39 Å². The summed E-state index contributed by atoms with van der Waals surface area (Å²) in [6, 6.07) is 16.0. The van der Waals surface area contributed by atoms with Crippen LogP contribution in [0.15, 0.2) is 54.6 Å². The number of benzene rings is 3. The van der Waals surface area contributed by atoms with Gasteiger partial charge in [0.25, 0.3) is 0 Å². The fourth-order valence-electron chi connectivity index (χ4n) is 2.32. The molecule has 0 aliphatic heterocycles. The van der Waals surface area contributed by atoms with Crippen LogP contribution < -0.4 is 0 Å². The molecule has 0 aromatic heterocycles. The fourth-order valence-corrected chi connectivity index (χ4v) is 2.55. The molecule has 0 unspecified atom stereocenters. The first-order valence-electron chi connectivity index (χ1n) is 6.55. The van der Waals surface area contributed by atoms with Crippen molar-refractivity contribution in [2.75, 3.05) is 0 Å². The van der Waals surface area contributed by atoms with Crippen molar-refractivity contribution in [3.63, 3.8) is 0 Å². The molecule has 3 heteroatoms. The second kappa shape index (κ2) is 5.30. The predicted molar refractivity (Wildman–Crippen MR) is 83.5 cm³/mol. The van der Waals surface area contributed by atoms with E-state index in [-0.39, 0.29) is 10.8 Å². The van der Waals surface area contributed by atoms with E-state index in [2.05, 4.69) is 0 Å². The van der Waals surface area contributed by atoms with Crippen LogP contribution in [0.2, 0.25) is 5.02 Å². The van der Waals surface area contributed by atoms with Crippen LogP contribution in [0, 0.1) is 12.7 Å². The summed E-state index contributed by atoms with van der Waals surface area (Å²) in [4.78, 5) is 12.6. The molecule has 0 radical (unpaired) electrons. The van der Waals surface area contributed by atoms with Gasteiger partial charge in [0.05, 0.1) is 5.02 Å². The summed E-state index contributed by atoms with van der Waals surface area (Å²) in [7, 11) is 0. The lowest BCUT2D eigenvalue weighted by Crippen LogP contribution is -2.03. The molecule has 104 valence electrons. The Morgan fingerprint density at radius 1 is 1.00 bits per heavy atom. The first kappa shape index (κ1) is 13.8. The highest BCUT2D eigenvalue weighted by Gasteiger charge is 2.15. The fraction of sp³-hybridized carbons (Fsp3) is 0.0556. The van der Waals surface area contributed by atoms with Crippen LogP contribution >= 0.6 is 11.6 Å². The second-order valence-electron chi connectivity index (χ2n) is 4.97. The lowest BCUT2D eigenvalue weighted by atomic mass is 9.99. The van der Waals surface area contributed by atoms with Crippen LogP contribution in [0.5, 0.6) is 0 Å². The van der Waals surface area contributed by atoms with Gasteiger partial charge in [0.1, 0.15) is 5.82 Å². The molecule has 3 aromatic carbocycles. The van der Waals surface area contributed by atoms with E-state index in [9.17, 15) is 9.18 Å². The Kier molecular flexibility index (Phi) is 3.48. The summed E-state index contributed by atoms with van der Waals surface area (Å²) >= 11 is 6.00. The molecule has 0 atom stereocenters. The molecule has 0 spiro atoms. The summed E-state index contributed by atoms with van der Waals surface area (Å²) in [5, 5.41) is 2.19. The quantitative estimate of drug-likeness (QED) is 0.596. The van der Waals surface area contributed by atoms with Crippen LogP contribution in [-0.2, 0) is 0 Å². The van der Waals surface area contributed by atoms with Gasteiger partial charge < -0.3 is 0 Å². The third kappa shape index (κ3) is 2.55. The van der Waals surface area contributed by atoms with Crippen molar-refractivity contribution in [2.45, 2.75) is 6.92 Å². The highest BCUT2D eigenvalue weighted by molar-refractivity contribution is 6.35. The molecule has 0 bridgehead atoms. The van der Waals surface area contributed by atoms with Crippen molar-refractivity contribution >= 4 is 28.2 Å². The lowest BCUT2D eigenvalue weighted by molar-refractivity contribution is 0.103. The van der Waals surface area contributed by atoms with E-state index >= 15 is 0 Å². The Morgan fingerprint density at radius 3 is 2.48 bits per heavy atom. The van der Waals surface area contributed by atoms with Crippen molar-refractivity contribution in [3.8, 4) is 0 Å². The minimum atomic E-state index is -0.407. The van der Waals surface area contributed by atoms with Crippen molar-refractivity contribution in [1.29, 1.82) is 0 Å². The first-order chi connectivity index (χ1) is 10.1. The number of halogens is 2. The molecule has 0 heterocycles. The third-order valence-corrected chi connectivity index (χ3v) is 3.82. The van der Waals surface area contributed by atoms with Crippen molar-refractivity contribution in [2.24, 2.45) is 0 Å². The average Bonchev–Trinajstić information content (AvgIpc) is 2.50. The van der Waals surface area contributed by atoms with E-state index < -0.39 is 5.82 Å². The highest BCUT2D eigenvalue weighted by Crippen LogP contribution is 2.24. The van der Waals surface area contributed by atoms with E-state index in [0.717, 1.165) is 10.8 Å². The molecule has 3 aromatic rings. The Hall–Kier alpha value is -2.19. The van der Waals surface area contributed by atoms with Gasteiger partial charge in [-0.2, -0.15) is 0 Å². The maximum absolute atomic E-state index is 13.4. The molecular weight excluding hydrogens is 287 g/mol. The molecule has 0 aliphatic rings. The molecule has 0 saturated heterocycles. The third-order valence-electron chi connectivity index (χ3n) is 3.50. The summed E-state index contributed by atoms with van der Waals surface area (Å²) < 4.78 is 13.4. The Morgan fingerprint density at radius 2 is 1.71 bits per heavy atom. The van der Waals surface area contributed by atoms with Gasteiger partial charge in [0.15, 0.2) is 5.78 Å². The number of hydrogen-bond donors (Lipinski definition) is 0. The maximum Gasteiger partial charge on any atom is 0.194 e. The van der Waals surface area contributed by atoms with E-state index in [1.807, 2.05) is 36.4 Å². The SMILES string of the molecule is Cc1cc(C(=O)c2ccc3ccccc3c2)c(Cl)cc1F. The molecule has 3 rings (SSSR count). The van der Waals surface area contributed by atoms with E-state index in [1.165, 1.54) is 12.1 Å². The van der Waals surface area contributed by atoms with Crippen LogP contribution in [0.4, 0.5) is 4.39 Å². The minimum absolute atomic E-state index is 0.135. The number of rotatable bonds is 2. The van der Waals surface area contributed by atoms with Crippen LogP contribution in [0.3, 0.4) is 0 Å². The van der Waals surface area contributed by atoms with E-state index in [0.29, 0.717) is 16.7 Å². The Labute approximate surface area is 127 Å². The number of carbonyl (C=O) groups is 1.